The Labute approximate surface area is 261 Å². The van der Waals surface area contributed by atoms with E-state index in [9.17, 15) is 10.1 Å². The molecule has 0 N–H and O–H groups in total. The molecule has 1 amide bonds. The zero-order valence-electron chi connectivity index (χ0n) is 25.9. The number of benzene rings is 1. The molecule has 0 bridgehead atoms. The number of carbonyl (C=O) groups excluding carboxylic acids is 1. The summed E-state index contributed by atoms with van der Waals surface area (Å²) in [5.74, 6) is 0.816. The summed E-state index contributed by atoms with van der Waals surface area (Å²) in [6.45, 7) is 10.7. The van der Waals surface area contributed by atoms with Crippen molar-refractivity contribution in [2.24, 2.45) is 5.41 Å². The Morgan fingerprint density at radius 1 is 1.09 bits per heavy atom. The number of piperazine rings is 1. The highest BCUT2D eigenvalue weighted by Gasteiger charge is 2.45. The van der Waals surface area contributed by atoms with Crippen LogP contribution in [0.1, 0.15) is 61.8 Å². The highest BCUT2D eigenvalue weighted by molar-refractivity contribution is 5.87. The van der Waals surface area contributed by atoms with E-state index in [0.29, 0.717) is 38.3 Å². The molecule has 1 aromatic heterocycles. The average Bonchev–Trinajstić information content (AvgIpc) is 3.63. The van der Waals surface area contributed by atoms with Crippen molar-refractivity contribution in [3.8, 4) is 12.1 Å². The van der Waals surface area contributed by atoms with Gasteiger partial charge in [0.1, 0.15) is 5.82 Å². The van der Waals surface area contributed by atoms with Gasteiger partial charge in [0.05, 0.1) is 30.8 Å². The van der Waals surface area contributed by atoms with E-state index in [1.165, 1.54) is 68.1 Å². The number of rotatable bonds is 9. The van der Waals surface area contributed by atoms with Crippen LogP contribution in [0, 0.1) is 16.7 Å². The predicted molar refractivity (Wildman–Crippen MR) is 171 cm³/mol. The third kappa shape index (κ3) is 5.89. The fourth-order valence-electron chi connectivity index (χ4n) is 7.98. The van der Waals surface area contributed by atoms with E-state index in [1.54, 1.807) is 4.90 Å². The molecule has 232 valence electrons. The van der Waals surface area contributed by atoms with Gasteiger partial charge in [-0.05, 0) is 82.2 Å². The Hall–Kier alpha value is -3.64. The molecule has 2 aliphatic carbocycles. The van der Waals surface area contributed by atoms with E-state index in [4.69, 9.17) is 14.7 Å². The summed E-state index contributed by atoms with van der Waals surface area (Å²) in [6.07, 6.45) is 11.8. The van der Waals surface area contributed by atoms with Crippen molar-refractivity contribution in [2.45, 2.75) is 76.3 Å². The summed E-state index contributed by atoms with van der Waals surface area (Å²) in [4.78, 5) is 32.1. The van der Waals surface area contributed by atoms with Crippen LogP contribution >= 0.6 is 0 Å². The Bertz CT molecular complexity index is 1430. The number of likely N-dealkylation sites (tertiary alicyclic amines) is 1. The number of para-hydroxylation sites is 1. The Morgan fingerprint density at radius 2 is 1.93 bits per heavy atom. The largest absolute Gasteiger partial charge is 0.463 e. The number of aromatic nitrogens is 2. The summed E-state index contributed by atoms with van der Waals surface area (Å²) < 4.78 is 6.51. The number of hydrogen-bond donors (Lipinski definition) is 0. The van der Waals surface area contributed by atoms with Crippen molar-refractivity contribution in [3.05, 3.63) is 53.7 Å². The smallest absolute Gasteiger partial charge is 0.318 e. The minimum atomic E-state index is -0.203. The van der Waals surface area contributed by atoms with Gasteiger partial charge >= 0.3 is 6.01 Å². The van der Waals surface area contributed by atoms with Crippen molar-refractivity contribution < 1.29 is 9.53 Å². The van der Waals surface area contributed by atoms with Crippen LogP contribution in [0.4, 0.5) is 11.5 Å². The molecule has 1 unspecified atom stereocenters. The van der Waals surface area contributed by atoms with Gasteiger partial charge in [-0.25, -0.2) is 0 Å². The third-order valence-electron chi connectivity index (χ3n) is 10.6. The SMILES string of the molecule is C=CC(=O)N1CCN(c2nc(OCC3(CN4CCCC4)CC3)nc3c2CCC(N2CCCc4ccccc42)C3)C[C@@H]1CC#N. The molecular weight excluding hydrogens is 550 g/mol. The van der Waals surface area contributed by atoms with Crippen LogP contribution in [0.2, 0.25) is 0 Å². The number of ether oxygens (including phenoxy) is 1. The first-order chi connectivity index (χ1) is 21.6. The van der Waals surface area contributed by atoms with E-state index < -0.39 is 0 Å². The number of nitriles is 1. The fraction of sp³-hybridized carbons (Fsp3) is 0.600. The molecule has 1 saturated carbocycles. The zero-order valence-corrected chi connectivity index (χ0v) is 25.9. The van der Waals surface area contributed by atoms with Gasteiger partial charge in [0.15, 0.2) is 0 Å². The summed E-state index contributed by atoms with van der Waals surface area (Å²) >= 11 is 0. The number of fused-ring (bicyclic) bond motifs is 2. The maximum atomic E-state index is 12.6. The minimum absolute atomic E-state index is 0.115. The summed E-state index contributed by atoms with van der Waals surface area (Å²) in [5, 5.41) is 9.57. The molecular formula is C35H45N7O2. The monoisotopic (exact) mass is 595 g/mol. The van der Waals surface area contributed by atoms with E-state index >= 15 is 0 Å². The molecule has 0 radical (unpaired) electrons. The second-order valence-corrected chi connectivity index (χ2v) is 13.5. The molecule has 2 aromatic rings. The van der Waals surface area contributed by atoms with Gasteiger partial charge in [-0.15, -0.1) is 0 Å². The first kappa shape index (κ1) is 29.1. The summed E-state index contributed by atoms with van der Waals surface area (Å²) in [7, 11) is 0. The number of amides is 1. The molecule has 1 aromatic carbocycles. The number of aryl methyl sites for hydroxylation is 1. The second kappa shape index (κ2) is 12.4. The maximum Gasteiger partial charge on any atom is 0.318 e. The molecule has 9 nitrogen and oxygen atoms in total. The third-order valence-corrected chi connectivity index (χ3v) is 10.6. The molecule has 3 fully saturated rings. The maximum absolute atomic E-state index is 12.6. The normalized spacial score (nSPS) is 24.3. The van der Waals surface area contributed by atoms with Crippen LogP contribution < -0.4 is 14.5 Å². The minimum Gasteiger partial charge on any atom is -0.463 e. The van der Waals surface area contributed by atoms with Crippen molar-refractivity contribution in [1.29, 1.82) is 5.26 Å². The van der Waals surface area contributed by atoms with Crippen LogP contribution in [0.15, 0.2) is 36.9 Å². The van der Waals surface area contributed by atoms with E-state index in [-0.39, 0.29) is 23.8 Å². The lowest BCUT2D eigenvalue weighted by Crippen LogP contribution is -2.55. The highest BCUT2D eigenvalue weighted by atomic mass is 16.5. The van der Waals surface area contributed by atoms with Crippen molar-refractivity contribution >= 4 is 17.4 Å². The quantitative estimate of drug-likeness (QED) is 0.400. The number of carbonyl (C=O) groups is 1. The predicted octanol–water partition coefficient (Wildman–Crippen LogP) is 4.16. The first-order valence-corrected chi connectivity index (χ1v) is 16.7. The Balaban J connectivity index is 1.16. The van der Waals surface area contributed by atoms with E-state index in [1.807, 2.05) is 0 Å². The van der Waals surface area contributed by atoms with Crippen LogP contribution in [0.5, 0.6) is 6.01 Å². The molecule has 4 heterocycles. The van der Waals surface area contributed by atoms with Gasteiger partial charge in [-0.3, -0.25) is 4.79 Å². The summed E-state index contributed by atoms with van der Waals surface area (Å²) in [5.41, 5.74) is 5.34. The summed E-state index contributed by atoms with van der Waals surface area (Å²) in [6, 6.07) is 11.8. The van der Waals surface area contributed by atoms with Crippen LogP contribution in [-0.2, 0) is 24.1 Å². The Kier molecular flexibility index (Phi) is 8.19. The van der Waals surface area contributed by atoms with Gasteiger partial charge in [0.2, 0.25) is 5.91 Å². The Morgan fingerprint density at radius 3 is 2.73 bits per heavy atom. The van der Waals surface area contributed by atoms with Crippen molar-refractivity contribution in [3.63, 3.8) is 0 Å². The molecule has 3 aliphatic heterocycles. The first-order valence-electron chi connectivity index (χ1n) is 16.7. The van der Waals surface area contributed by atoms with Gasteiger partial charge < -0.3 is 24.3 Å². The fourth-order valence-corrected chi connectivity index (χ4v) is 7.98. The molecule has 7 rings (SSSR count). The van der Waals surface area contributed by atoms with Crippen LogP contribution in [-0.4, -0.2) is 90.2 Å². The number of anilines is 2. The van der Waals surface area contributed by atoms with Gasteiger partial charge in [-0.1, -0.05) is 24.8 Å². The standard InChI is InChI=1S/C35H45N7O2/c1-2-32(43)42-21-20-40(23-28(42)13-16-36)33-29-12-11-27(41-19-7-9-26-8-3-4-10-31(26)41)22-30(29)37-34(38-33)44-25-35(14-15-35)24-39-17-5-6-18-39/h2-4,8,10,27-28H,1,5-7,9,11-15,17-25H2/t27?,28-/m0/s1. The van der Waals surface area contributed by atoms with Crippen LogP contribution in [0.25, 0.3) is 0 Å². The molecule has 5 aliphatic rings. The molecule has 44 heavy (non-hydrogen) atoms. The zero-order chi connectivity index (χ0) is 30.1. The second-order valence-electron chi connectivity index (χ2n) is 13.5. The van der Waals surface area contributed by atoms with Gasteiger partial charge in [0.25, 0.3) is 0 Å². The van der Waals surface area contributed by atoms with Crippen molar-refractivity contribution in [1.82, 2.24) is 19.8 Å². The van der Waals surface area contributed by atoms with Crippen molar-refractivity contribution in [2.75, 3.05) is 62.2 Å². The average molecular weight is 596 g/mol. The number of nitrogens with zero attached hydrogens (tertiary/aromatic N) is 7. The molecule has 2 atom stereocenters. The topological polar surface area (TPSA) is 88.8 Å². The molecule has 0 spiro atoms. The lowest BCUT2D eigenvalue weighted by Gasteiger charge is -2.43. The van der Waals surface area contributed by atoms with E-state index in [0.717, 1.165) is 50.3 Å². The van der Waals surface area contributed by atoms with Gasteiger partial charge in [0, 0.05) is 61.9 Å². The molecule has 9 heteroatoms. The highest BCUT2D eigenvalue weighted by Crippen LogP contribution is 2.47. The van der Waals surface area contributed by atoms with E-state index in [2.05, 4.69) is 51.6 Å². The lowest BCUT2D eigenvalue weighted by molar-refractivity contribution is -0.128. The van der Waals surface area contributed by atoms with Gasteiger partial charge in [-0.2, -0.15) is 15.2 Å². The van der Waals surface area contributed by atoms with Crippen LogP contribution in [0.3, 0.4) is 0 Å². The lowest BCUT2D eigenvalue weighted by atomic mass is 9.88. The molecule has 2 saturated heterocycles. The number of hydrogen-bond acceptors (Lipinski definition) is 8.